The standard InChI is InChI=1S/C10H19N3O3/c1-6-4-3-5-12-10(16)13(6)9(15)8(11)7(2)14/h6-8,14H,3-5,11H2,1-2H3,(H,12,16). The minimum atomic E-state index is -1.05. The lowest BCUT2D eigenvalue weighted by Crippen LogP contribution is -2.55. The summed E-state index contributed by atoms with van der Waals surface area (Å²) >= 11 is 0. The molecule has 0 spiro atoms. The number of nitrogens with one attached hydrogen (secondary N) is 1. The number of rotatable bonds is 2. The van der Waals surface area contributed by atoms with Crippen molar-refractivity contribution in [3.8, 4) is 0 Å². The van der Waals surface area contributed by atoms with E-state index in [4.69, 9.17) is 5.73 Å². The molecule has 1 fully saturated rings. The maximum Gasteiger partial charge on any atom is 0.324 e. The second kappa shape index (κ2) is 5.27. The molecule has 1 aliphatic heterocycles. The van der Waals surface area contributed by atoms with Gasteiger partial charge >= 0.3 is 6.03 Å². The Bertz CT molecular complexity index is 280. The molecule has 92 valence electrons. The third-order valence-corrected chi connectivity index (χ3v) is 2.78. The van der Waals surface area contributed by atoms with Crippen LogP contribution in [0.15, 0.2) is 0 Å². The number of nitrogens with two attached hydrogens (primary N) is 1. The van der Waals surface area contributed by atoms with Gasteiger partial charge in [-0.1, -0.05) is 0 Å². The summed E-state index contributed by atoms with van der Waals surface area (Å²) in [5.41, 5.74) is 5.55. The number of carbonyl (C=O) groups excluding carboxylic acids is 2. The Kier molecular flexibility index (Phi) is 4.26. The van der Waals surface area contributed by atoms with Gasteiger partial charge in [-0.3, -0.25) is 9.69 Å². The summed E-state index contributed by atoms with van der Waals surface area (Å²) < 4.78 is 0. The van der Waals surface area contributed by atoms with E-state index in [0.29, 0.717) is 6.54 Å². The van der Waals surface area contributed by atoms with Crippen LogP contribution in [0.1, 0.15) is 26.7 Å². The predicted octanol–water partition coefficient (Wildman–Crippen LogP) is -0.585. The molecule has 0 aromatic rings. The normalized spacial score (nSPS) is 25.6. The van der Waals surface area contributed by atoms with Crippen LogP contribution in [0.25, 0.3) is 0 Å². The van der Waals surface area contributed by atoms with Crippen LogP contribution in [0.3, 0.4) is 0 Å². The number of hydrogen-bond acceptors (Lipinski definition) is 4. The largest absolute Gasteiger partial charge is 0.391 e. The van der Waals surface area contributed by atoms with Crippen LogP contribution < -0.4 is 11.1 Å². The van der Waals surface area contributed by atoms with Gasteiger partial charge in [-0.25, -0.2) is 4.79 Å². The van der Waals surface area contributed by atoms with E-state index in [1.807, 2.05) is 0 Å². The number of carbonyl (C=O) groups is 2. The minimum absolute atomic E-state index is 0.181. The van der Waals surface area contributed by atoms with Crippen LogP contribution >= 0.6 is 0 Å². The van der Waals surface area contributed by atoms with E-state index < -0.39 is 24.1 Å². The molecule has 1 heterocycles. The Morgan fingerprint density at radius 2 is 2.31 bits per heavy atom. The molecule has 0 bridgehead atoms. The van der Waals surface area contributed by atoms with Crippen LogP contribution in [-0.4, -0.2) is 46.7 Å². The van der Waals surface area contributed by atoms with E-state index in [1.165, 1.54) is 6.92 Å². The Morgan fingerprint density at radius 3 is 2.88 bits per heavy atom. The number of imide groups is 1. The fourth-order valence-electron chi connectivity index (χ4n) is 1.69. The molecule has 1 rings (SSSR count). The van der Waals surface area contributed by atoms with Crippen molar-refractivity contribution in [1.82, 2.24) is 10.2 Å². The number of urea groups is 1. The lowest BCUT2D eigenvalue weighted by molar-refractivity contribution is -0.133. The van der Waals surface area contributed by atoms with E-state index in [9.17, 15) is 14.7 Å². The summed E-state index contributed by atoms with van der Waals surface area (Å²) in [5.74, 6) is -0.526. The van der Waals surface area contributed by atoms with Gasteiger partial charge < -0.3 is 16.2 Å². The minimum Gasteiger partial charge on any atom is -0.391 e. The average molecular weight is 229 g/mol. The van der Waals surface area contributed by atoms with Gasteiger partial charge in [0, 0.05) is 12.6 Å². The van der Waals surface area contributed by atoms with Crippen LogP contribution in [-0.2, 0) is 4.79 Å². The molecule has 6 heteroatoms. The molecular weight excluding hydrogens is 210 g/mol. The van der Waals surface area contributed by atoms with Crippen molar-refractivity contribution in [2.45, 2.75) is 44.9 Å². The van der Waals surface area contributed by atoms with E-state index in [0.717, 1.165) is 17.7 Å². The summed E-state index contributed by atoms with van der Waals surface area (Å²) in [6, 6.07) is -1.66. The first-order chi connectivity index (χ1) is 7.45. The first-order valence-corrected chi connectivity index (χ1v) is 5.49. The quantitative estimate of drug-likeness (QED) is 0.590. The Hall–Kier alpha value is -1.14. The number of hydrogen-bond donors (Lipinski definition) is 3. The maximum atomic E-state index is 11.9. The van der Waals surface area contributed by atoms with Crippen molar-refractivity contribution in [2.75, 3.05) is 6.54 Å². The number of nitrogens with zero attached hydrogens (tertiary/aromatic N) is 1. The van der Waals surface area contributed by atoms with Gasteiger partial charge in [-0.05, 0) is 26.7 Å². The van der Waals surface area contributed by atoms with Crippen molar-refractivity contribution in [3.63, 3.8) is 0 Å². The zero-order valence-electron chi connectivity index (χ0n) is 9.64. The van der Waals surface area contributed by atoms with Crippen LogP contribution in [0.2, 0.25) is 0 Å². The lowest BCUT2D eigenvalue weighted by Gasteiger charge is -2.28. The smallest absolute Gasteiger partial charge is 0.324 e. The summed E-state index contributed by atoms with van der Waals surface area (Å²) in [6.45, 7) is 3.80. The molecule has 0 saturated carbocycles. The lowest BCUT2D eigenvalue weighted by atomic mass is 10.1. The molecule has 6 nitrogen and oxygen atoms in total. The highest BCUT2D eigenvalue weighted by molar-refractivity contribution is 5.97. The van der Waals surface area contributed by atoms with Crippen LogP contribution in [0.4, 0.5) is 4.79 Å². The Labute approximate surface area is 94.8 Å². The van der Waals surface area contributed by atoms with E-state index in [1.54, 1.807) is 6.92 Å². The second-order valence-corrected chi connectivity index (χ2v) is 4.20. The molecule has 4 N–H and O–H groups in total. The van der Waals surface area contributed by atoms with Crippen LogP contribution in [0.5, 0.6) is 0 Å². The summed E-state index contributed by atoms with van der Waals surface area (Å²) in [5, 5.41) is 11.9. The molecule has 3 atom stereocenters. The molecule has 16 heavy (non-hydrogen) atoms. The van der Waals surface area contributed by atoms with Gasteiger partial charge in [0.1, 0.15) is 6.04 Å². The summed E-state index contributed by atoms with van der Waals surface area (Å²) in [7, 11) is 0. The number of aliphatic hydroxyl groups is 1. The van der Waals surface area contributed by atoms with Gasteiger partial charge in [0.05, 0.1) is 6.10 Å². The fourth-order valence-corrected chi connectivity index (χ4v) is 1.69. The highest BCUT2D eigenvalue weighted by Crippen LogP contribution is 2.12. The van der Waals surface area contributed by atoms with E-state index in [2.05, 4.69) is 5.32 Å². The first-order valence-electron chi connectivity index (χ1n) is 5.49. The zero-order chi connectivity index (χ0) is 12.3. The molecular formula is C10H19N3O3. The van der Waals surface area contributed by atoms with Crippen molar-refractivity contribution in [2.24, 2.45) is 5.73 Å². The third kappa shape index (κ3) is 2.70. The molecule has 0 aromatic heterocycles. The maximum absolute atomic E-state index is 11.9. The Morgan fingerprint density at radius 1 is 1.69 bits per heavy atom. The van der Waals surface area contributed by atoms with Crippen LogP contribution in [0, 0.1) is 0 Å². The van der Waals surface area contributed by atoms with Crippen molar-refractivity contribution in [3.05, 3.63) is 0 Å². The van der Waals surface area contributed by atoms with Crippen molar-refractivity contribution in [1.29, 1.82) is 0 Å². The Balaban J connectivity index is 2.81. The van der Waals surface area contributed by atoms with Gasteiger partial charge in [0.2, 0.25) is 5.91 Å². The first kappa shape index (κ1) is 12.9. The van der Waals surface area contributed by atoms with Gasteiger partial charge in [0.15, 0.2) is 0 Å². The van der Waals surface area contributed by atoms with Gasteiger partial charge in [-0.15, -0.1) is 0 Å². The predicted molar refractivity (Wildman–Crippen MR) is 58.6 cm³/mol. The molecule has 1 saturated heterocycles. The average Bonchev–Trinajstić information content (AvgIpc) is 2.38. The topological polar surface area (TPSA) is 95.7 Å². The molecule has 0 aliphatic carbocycles. The SMILES string of the molecule is CC(O)C(N)C(=O)N1C(=O)NCCCC1C. The van der Waals surface area contributed by atoms with Crippen molar-refractivity contribution < 1.29 is 14.7 Å². The van der Waals surface area contributed by atoms with E-state index >= 15 is 0 Å². The van der Waals surface area contributed by atoms with Gasteiger partial charge in [-0.2, -0.15) is 0 Å². The second-order valence-electron chi connectivity index (χ2n) is 4.20. The molecule has 1 aliphatic rings. The number of aliphatic hydroxyl groups excluding tert-OH is 1. The summed E-state index contributed by atoms with van der Waals surface area (Å²) in [6.07, 6.45) is 0.619. The van der Waals surface area contributed by atoms with Gasteiger partial charge in [0.25, 0.3) is 0 Å². The molecule has 3 unspecified atom stereocenters. The fraction of sp³-hybridized carbons (Fsp3) is 0.800. The molecule has 0 radical (unpaired) electrons. The van der Waals surface area contributed by atoms with E-state index in [-0.39, 0.29) is 6.04 Å². The van der Waals surface area contributed by atoms with Crippen molar-refractivity contribution >= 4 is 11.9 Å². The highest BCUT2D eigenvalue weighted by Gasteiger charge is 2.33. The molecule has 0 aromatic carbocycles. The molecule has 3 amide bonds. The number of amides is 3. The monoisotopic (exact) mass is 229 g/mol. The zero-order valence-corrected chi connectivity index (χ0v) is 9.64. The third-order valence-electron chi connectivity index (χ3n) is 2.78. The highest BCUT2D eigenvalue weighted by atomic mass is 16.3. The summed E-state index contributed by atoms with van der Waals surface area (Å²) in [4.78, 5) is 24.7.